The number of pyridine rings is 1. The minimum Gasteiger partial charge on any atom is -0.481 e. The molecule has 3 rings (SSSR count). The Morgan fingerprint density at radius 1 is 1.32 bits per heavy atom. The van der Waals surface area contributed by atoms with E-state index in [1.165, 1.54) is 18.1 Å². The third kappa shape index (κ3) is 3.46. The second-order valence-corrected chi connectivity index (χ2v) is 6.07. The molecule has 2 atom stereocenters. The van der Waals surface area contributed by atoms with Crippen molar-refractivity contribution in [1.82, 2.24) is 9.88 Å². The van der Waals surface area contributed by atoms with Gasteiger partial charge in [-0.05, 0) is 37.6 Å². The largest absolute Gasteiger partial charge is 0.481 e. The number of halogens is 2. The standard InChI is InChI=1S/C18H18F2N2O3/c1-10-5-11(6-17(21-10)25-2)18(24)22-9-13(23)8-16(22)14-7-12(19)3-4-15(14)20/h3-7,13,16,23H,8-9H2,1-2H3. The first-order chi connectivity index (χ1) is 11.9. The summed E-state index contributed by atoms with van der Waals surface area (Å²) in [5.41, 5.74) is 0.971. The molecule has 1 aliphatic rings. The first kappa shape index (κ1) is 17.3. The van der Waals surface area contributed by atoms with Crippen LogP contribution in [0.3, 0.4) is 0 Å². The Hall–Kier alpha value is -2.54. The fraction of sp³-hybridized carbons (Fsp3) is 0.333. The van der Waals surface area contributed by atoms with Crippen LogP contribution in [0.5, 0.6) is 5.88 Å². The SMILES string of the molecule is COc1cc(C(=O)N2CC(O)CC2c2cc(F)ccc2F)cc(C)n1. The topological polar surface area (TPSA) is 62.7 Å². The number of likely N-dealkylation sites (tertiary alicyclic amines) is 1. The molecule has 0 radical (unpaired) electrons. The summed E-state index contributed by atoms with van der Waals surface area (Å²) >= 11 is 0. The van der Waals surface area contributed by atoms with Crippen molar-refractivity contribution in [1.29, 1.82) is 0 Å². The number of hydrogen-bond donors (Lipinski definition) is 1. The quantitative estimate of drug-likeness (QED) is 0.926. The average Bonchev–Trinajstić information content (AvgIpc) is 2.97. The van der Waals surface area contributed by atoms with Gasteiger partial charge >= 0.3 is 0 Å². The van der Waals surface area contributed by atoms with Gasteiger partial charge in [-0.15, -0.1) is 0 Å². The third-order valence-electron chi connectivity index (χ3n) is 4.24. The van der Waals surface area contributed by atoms with Crippen molar-refractivity contribution in [2.75, 3.05) is 13.7 Å². The first-order valence-corrected chi connectivity index (χ1v) is 7.85. The van der Waals surface area contributed by atoms with Crippen molar-refractivity contribution in [3.05, 3.63) is 58.8 Å². The lowest BCUT2D eigenvalue weighted by Crippen LogP contribution is -2.32. The molecule has 1 saturated heterocycles. The lowest BCUT2D eigenvalue weighted by Gasteiger charge is -2.25. The zero-order chi connectivity index (χ0) is 18.1. The number of aliphatic hydroxyl groups is 1. The van der Waals surface area contributed by atoms with Crippen molar-refractivity contribution < 1.29 is 23.4 Å². The van der Waals surface area contributed by atoms with Gasteiger partial charge in [0.15, 0.2) is 0 Å². The maximum atomic E-state index is 14.2. The number of aromatic nitrogens is 1. The number of β-amino-alcohol motifs (C(OH)–C–C–N with tert-alkyl or cyclic N) is 1. The van der Waals surface area contributed by atoms with Crippen LogP contribution in [0.2, 0.25) is 0 Å². The highest BCUT2D eigenvalue weighted by atomic mass is 19.1. The van der Waals surface area contributed by atoms with Gasteiger partial charge in [0.2, 0.25) is 5.88 Å². The number of carbonyl (C=O) groups excluding carboxylic acids is 1. The molecule has 1 aliphatic heterocycles. The fourth-order valence-electron chi connectivity index (χ4n) is 3.14. The molecule has 1 N–H and O–H groups in total. The summed E-state index contributed by atoms with van der Waals surface area (Å²) in [7, 11) is 1.45. The Morgan fingerprint density at radius 3 is 2.80 bits per heavy atom. The summed E-state index contributed by atoms with van der Waals surface area (Å²) in [5, 5.41) is 10.00. The minimum absolute atomic E-state index is 0.0448. The number of aryl methyl sites for hydroxylation is 1. The Morgan fingerprint density at radius 2 is 2.08 bits per heavy atom. The lowest BCUT2D eigenvalue weighted by molar-refractivity contribution is 0.0713. The summed E-state index contributed by atoms with van der Waals surface area (Å²) in [4.78, 5) is 18.4. The first-order valence-electron chi connectivity index (χ1n) is 7.85. The highest BCUT2D eigenvalue weighted by Crippen LogP contribution is 2.35. The summed E-state index contributed by atoms with van der Waals surface area (Å²) in [6.07, 6.45) is -0.658. The summed E-state index contributed by atoms with van der Waals surface area (Å²) in [6.45, 7) is 1.77. The van der Waals surface area contributed by atoms with E-state index in [0.717, 1.165) is 18.2 Å². The normalized spacial score (nSPS) is 20.0. The van der Waals surface area contributed by atoms with Crippen molar-refractivity contribution >= 4 is 5.91 Å². The van der Waals surface area contributed by atoms with Gasteiger partial charge < -0.3 is 14.7 Å². The Kier molecular flexibility index (Phi) is 4.67. The van der Waals surface area contributed by atoms with Gasteiger partial charge in [0.25, 0.3) is 5.91 Å². The number of ether oxygens (including phenoxy) is 1. The lowest BCUT2D eigenvalue weighted by atomic mass is 10.0. The molecular weight excluding hydrogens is 330 g/mol. The molecule has 0 saturated carbocycles. The zero-order valence-electron chi connectivity index (χ0n) is 13.9. The molecule has 0 bridgehead atoms. The number of hydrogen-bond acceptors (Lipinski definition) is 4. The molecule has 5 nitrogen and oxygen atoms in total. The second-order valence-electron chi connectivity index (χ2n) is 6.07. The van der Waals surface area contributed by atoms with Crippen LogP contribution in [0, 0.1) is 18.6 Å². The number of methoxy groups -OCH3 is 1. The molecular formula is C18H18F2N2O3. The van der Waals surface area contributed by atoms with Crippen LogP contribution < -0.4 is 4.74 Å². The third-order valence-corrected chi connectivity index (χ3v) is 4.24. The molecule has 0 aliphatic carbocycles. The number of rotatable bonds is 3. The van der Waals surface area contributed by atoms with E-state index in [9.17, 15) is 18.7 Å². The van der Waals surface area contributed by atoms with Gasteiger partial charge in [0, 0.05) is 29.4 Å². The van der Waals surface area contributed by atoms with E-state index in [0.29, 0.717) is 11.3 Å². The summed E-state index contributed by atoms with van der Waals surface area (Å²) in [6, 6.07) is 5.45. The van der Waals surface area contributed by atoms with Crippen molar-refractivity contribution in [2.24, 2.45) is 0 Å². The summed E-state index contributed by atoms with van der Waals surface area (Å²) in [5.74, 6) is -1.31. The highest BCUT2D eigenvalue weighted by Gasteiger charge is 2.37. The van der Waals surface area contributed by atoms with Gasteiger partial charge in [-0.3, -0.25) is 4.79 Å². The van der Waals surface area contributed by atoms with Gasteiger partial charge in [-0.2, -0.15) is 0 Å². The van der Waals surface area contributed by atoms with Crippen molar-refractivity contribution in [2.45, 2.75) is 25.5 Å². The smallest absolute Gasteiger partial charge is 0.254 e. The molecule has 1 fully saturated rings. The van der Waals surface area contributed by atoms with Gasteiger partial charge in [0.05, 0.1) is 19.3 Å². The van der Waals surface area contributed by atoms with Gasteiger partial charge in [0.1, 0.15) is 11.6 Å². The number of benzene rings is 1. The fourth-order valence-corrected chi connectivity index (χ4v) is 3.14. The molecule has 0 spiro atoms. The van der Waals surface area contributed by atoms with Crippen LogP contribution >= 0.6 is 0 Å². The van der Waals surface area contributed by atoms with Crippen LogP contribution in [0.4, 0.5) is 8.78 Å². The highest BCUT2D eigenvalue weighted by molar-refractivity contribution is 5.95. The Bertz CT molecular complexity index is 813. The molecule has 2 aromatic rings. The van der Waals surface area contributed by atoms with Crippen LogP contribution in [0.15, 0.2) is 30.3 Å². The number of nitrogens with zero attached hydrogens (tertiary/aromatic N) is 2. The number of aliphatic hydroxyl groups excluding tert-OH is 1. The van der Waals surface area contributed by atoms with E-state index in [1.54, 1.807) is 13.0 Å². The zero-order valence-corrected chi connectivity index (χ0v) is 13.9. The van der Waals surface area contributed by atoms with Crippen LogP contribution in [-0.2, 0) is 0 Å². The predicted molar refractivity (Wildman–Crippen MR) is 86.3 cm³/mol. The van der Waals surface area contributed by atoms with Crippen LogP contribution in [-0.4, -0.2) is 40.7 Å². The van der Waals surface area contributed by atoms with Crippen molar-refractivity contribution in [3.63, 3.8) is 0 Å². The molecule has 2 heterocycles. The van der Waals surface area contributed by atoms with Gasteiger partial charge in [-0.25, -0.2) is 13.8 Å². The van der Waals surface area contributed by atoms with Crippen LogP contribution in [0.1, 0.15) is 34.1 Å². The monoisotopic (exact) mass is 348 g/mol. The Balaban J connectivity index is 1.98. The average molecular weight is 348 g/mol. The second kappa shape index (κ2) is 6.76. The molecule has 25 heavy (non-hydrogen) atoms. The molecule has 132 valence electrons. The molecule has 1 amide bonds. The molecule has 7 heteroatoms. The maximum absolute atomic E-state index is 14.2. The van der Waals surface area contributed by atoms with E-state index < -0.39 is 29.7 Å². The van der Waals surface area contributed by atoms with E-state index in [1.807, 2.05) is 0 Å². The summed E-state index contributed by atoms with van der Waals surface area (Å²) < 4.78 is 32.8. The van der Waals surface area contributed by atoms with E-state index in [-0.39, 0.29) is 24.4 Å². The van der Waals surface area contributed by atoms with Crippen LogP contribution in [0.25, 0.3) is 0 Å². The van der Waals surface area contributed by atoms with Crippen molar-refractivity contribution in [3.8, 4) is 5.88 Å². The predicted octanol–water partition coefficient (Wildman–Crippen LogP) is 2.62. The van der Waals surface area contributed by atoms with E-state index in [2.05, 4.69) is 4.98 Å². The minimum atomic E-state index is -0.804. The molecule has 1 aromatic carbocycles. The Labute approximate surface area is 143 Å². The van der Waals surface area contributed by atoms with Gasteiger partial charge in [-0.1, -0.05) is 0 Å². The van der Waals surface area contributed by atoms with E-state index >= 15 is 0 Å². The number of carbonyl (C=O) groups is 1. The number of amides is 1. The van der Waals surface area contributed by atoms with E-state index in [4.69, 9.17) is 4.74 Å². The molecule has 2 unspecified atom stereocenters. The maximum Gasteiger partial charge on any atom is 0.254 e. The molecule has 1 aromatic heterocycles.